The third-order valence-corrected chi connectivity index (χ3v) is 5.84. The lowest BCUT2D eigenvalue weighted by Crippen LogP contribution is -2.28. The molecule has 1 aromatic carbocycles. The summed E-state index contributed by atoms with van der Waals surface area (Å²) in [4.78, 5) is 36.6. The molecule has 0 aliphatic carbocycles. The number of hydrogen-bond donors (Lipinski definition) is 0. The minimum absolute atomic E-state index is 0.0331. The average Bonchev–Trinajstić information content (AvgIpc) is 3.40. The van der Waals surface area contributed by atoms with Gasteiger partial charge in [0.2, 0.25) is 5.88 Å². The van der Waals surface area contributed by atoms with Gasteiger partial charge < -0.3 is 14.4 Å². The van der Waals surface area contributed by atoms with Crippen LogP contribution in [0.15, 0.2) is 67.4 Å². The molecule has 1 unspecified atom stereocenters. The average molecular weight is 469 g/mol. The summed E-state index contributed by atoms with van der Waals surface area (Å²) >= 11 is 0. The SMILES string of the molecule is COc1ccc(Oc2cc(C)nc(C3CCN(C(=O)c4ccc(-c5cncnc5)nc4)C3)n2)cc1. The molecule has 176 valence electrons. The molecule has 4 aromatic rings. The van der Waals surface area contributed by atoms with Crippen LogP contribution in [0.3, 0.4) is 0 Å². The van der Waals surface area contributed by atoms with Crippen molar-refractivity contribution in [2.45, 2.75) is 19.3 Å². The molecular formula is C26H24N6O3. The topological polar surface area (TPSA) is 103 Å². The Kier molecular flexibility index (Phi) is 6.30. The number of likely N-dealkylation sites (tertiary alicyclic amines) is 1. The van der Waals surface area contributed by atoms with Crippen LogP contribution < -0.4 is 9.47 Å². The Hall–Kier alpha value is -4.40. The number of aryl methyl sites for hydroxylation is 1. The molecule has 0 spiro atoms. The van der Waals surface area contributed by atoms with Crippen molar-refractivity contribution >= 4 is 5.91 Å². The van der Waals surface area contributed by atoms with Crippen molar-refractivity contribution in [1.82, 2.24) is 29.8 Å². The van der Waals surface area contributed by atoms with Gasteiger partial charge >= 0.3 is 0 Å². The van der Waals surface area contributed by atoms with E-state index in [-0.39, 0.29) is 11.8 Å². The standard InChI is InChI=1S/C26H24N6O3/c1-17-11-24(35-22-6-4-21(34-2)5-7-22)31-25(30-17)19-9-10-32(15-19)26(33)18-3-8-23(29-14-18)20-12-27-16-28-13-20/h3-8,11-14,16,19H,9-10,15H2,1-2H3. The molecule has 1 fully saturated rings. The molecule has 4 heterocycles. The third kappa shape index (κ3) is 5.08. The molecule has 35 heavy (non-hydrogen) atoms. The lowest BCUT2D eigenvalue weighted by Gasteiger charge is -2.17. The van der Waals surface area contributed by atoms with Crippen molar-refractivity contribution in [2.75, 3.05) is 20.2 Å². The van der Waals surface area contributed by atoms with Crippen molar-refractivity contribution in [3.63, 3.8) is 0 Å². The number of benzene rings is 1. The van der Waals surface area contributed by atoms with E-state index in [0.29, 0.717) is 36.1 Å². The summed E-state index contributed by atoms with van der Waals surface area (Å²) in [7, 11) is 1.62. The molecule has 1 aliphatic heterocycles. The van der Waals surface area contributed by atoms with E-state index in [2.05, 4.69) is 24.9 Å². The van der Waals surface area contributed by atoms with Crippen molar-refractivity contribution in [3.05, 3.63) is 84.5 Å². The lowest BCUT2D eigenvalue weighted by molar-refractivity contribution is 0.0790. The van der Waals surface area contributed by atoms with Gasteiger partial charge in [0.1, 0.15) is 23.7 Å². The van der Waals surface area contributed by atoms with Gasteiger partial charge in [-0.15, -0.1) is 0 Å². The van der Waals surface area contributed by atoms with E-state index in [1.807, 2.05) is 42.2 Å². The van der Waals surface area contributed by atoms with Gasteiger partial charge in [-0.1, -0.05) is 0 Å². The highest BCUT2D eigenvalue weighted by Gasteiger charge is 2.30. The molecule has 0 radical (unpaired) electrons. The van der Waals surface area contributed by atoms with Gasteiger partial charge in [0.15, 0.2) is 0 Å². The van der Waals surface area contributed by atoms with Gasteiger partial charge in [0.05, 0.1) is 18.4 Å². The van der Waals surface area contributed by atoms with E-state index in [1.165, 1.54) is 6.33 Å². The maximum Gasteiger partial charge on any atom is 0.255 e. The summed E-state index contributed by atoms with van der Waals surface area (Å²) in [5, 5.41) is 0. The Morgan fingerprint density at radius 1 is 1.00 bits per heavy atom. The zero-order valence-electron chi connectivity index (χ0n) is 19.5. The number of ether oxygens (including phenoxy) is 2. The van der Waals surface area contributed by atoms with E-state index in [0.717, 1.165) is 29.1 Å². The van der Waals surface area contributed by atoms with Crippen LogP contribution in [0.5, 0.6) is 17.4 Å². The number of hydrogen-bond acceptors (Lipinski definition) is 8. The van der Waals surface area contributed by atoms with E-state index in [9.17, 15) is 4.79 Å². The predicted molar refractivity (Wildman–Crippen MR) is 128 cm³/mol. The van der Waals surface area contributed by atoms with Crippen LogP contribution in [0, 0.1) is 6.92 Å². The number of nitrogens with zero attached hydrogens (tertiary/aromatic N) is 6. The summed E-state index contributed by atoms with van der Waals surface area (Å²) < 4.78 is 11.1. The van der Waals surface area contributed by atoms with Gasteiger partial charge in [0, 0.05) is 54.9 Å². The van der Waals surface area contributed by atoms with Crippen LogP contribution in [0.1, 0.15) is 34.2 Å². The fourth-order valence-electron chi connectivity index (χ4n) is 4.02. The van der Waals surface area contributed by atoms with Gasteiger partial charge in [0.25, 0.3) is 5.91 Å². The highest BCUT2D eigenvalue weighted by atomic mass is 16.5. The number of carbonyl (C=O) groups excluding carboxylic acids is 1. The highest BCUT2D eigenvalue weighted by Crippen LogP contribution is 2.29. The largest absolute Gasteiger partial charge is 0.497 e. The molecule has 9 heteroatoms. The first-order valence-electron chi connectivity index (χ1n) is 11.3. The highest BCUT2D eigenvalue weighted by molar-refractivity contribution is 5.94. The lowest BCUT2D eigenvalue weighted by atomic mass is 10.1. The van der Waals surface area contributed by atoms with Gasteiger partial charge in [-0.25, -0.2) is 15.0 Å². The molecule has 0 bridgehead atoms. The van der Waals surface area contributed by atoms with Crippen LogP contribution in [0.25, 0.3) is 11.3 Å². The van der Waals surface area contributed by atoms with Crippen LogP contribution in [-0.2, 0) is 0 Å². The van der Waals surface area contributed by atoms with Crippen LogP contribution in [-0.4, -0.2) is 55.9 Å². The second-order valence-corrected chi connectivity index (χ2v) is 8.28. The number of rotatable bonds is 6. The van der Waals surface area contributed by atoms with E-state index in [1.54, 1.807) is 37.8 Å². The molecule has 9 nitrogen and oxygen atoms in total. The van der Waals surface area contributed by atoms with E-state index in [4.69, 9.17) is 9.47 Å². The minimum atomic E-state index is -0.0572. The van der Waals surface area contributed by atoms with Crippen molar-refractivity contribution in [1.29, 1.82) is 0 Å². The van der Waals surface area contributed by atoms with Gasteiger partial charge in [-0.2, -0.15) is 4.98 Å². The first kappa shape index (κ1) is 22.4. The zero-order valence-corrected chi connectivity index (χ0v) is 19.5. The Bertz CT molecular complexity index is 1310. The number of pyridine rings is 1. The first-order valence-corrected chi connectivity index (χ1v) is 11.3. The van der Waals surface area contributed by atoms with Gasteiger partial charge in [-0.05, 0) is 49.7 Å². The van der Waals surface area contributed by atoms with Gasteiger partial charge in [-0.3, -0.25) is 9.78 Å². The summed E-state index contributed by atoms with van der Waals surface area (Å²) in [5.41, 5.74) is 2.88. The summed E-state index contributed by atoms with van der Waals surface area (Å²) in [6.07, 6.45) is 7.23. The third-order valence-electron chi connectivity index (χ3n) is 5.84. The molecule has 1 aliphatic rings. The molecule has 1 saturated heterocycles. The Morgan fingerprint density at radius 3 is 2.49 bits per heavy atom. The number of aromatic nitrogens is 5. The number of carbonyl (C=O) groups is 1. The van der Waals surface area contributed by atoms with Crippen molar-refractivity contribution in [2.24, 2.45) is 0 Å². The van der Waals surface area contributed by atoms with Crippen LogP contribution in [0.2, 0.25) is 0 Å². The fraction of sp³-hybridized carbons (Fsp3) is 0.231. The quantitative estimate of drug-likeness (QED) is 0.417. The molecule has 5 rings (SSSR count). The molecule has 1 amide bonds. The Balaban J connectivity index is 1.27. The molecule has 0 saturated carbocycles. The van der Waals surface area contributed by atoms with E-state index < -0.39 is 0 Å². The molecule has 3 aromatic heterocycles. The Labute approximate surface area is 202 Å². The second kappa shape index (κ2) is 9.84. The monoisotopic (exact) mass is 468 g/mol. The van der Waals surface area contributed by atoms with Crippen LogP contribution >= 0.6 is 0 Å². The summed E-state index contributed by atoms with van der Waals surface area (Å²) in [6.45, 7) is 3.08. The summed E-state index contributed by atoms with van der Waals surface area (Å²) in [5.74, 6) is 2.56. The summed E-state index contributed by atoms with van der Waals surface area (Å²) in [6, 6.07) is 12.7. The smallest absolute Gasteiger partial charge is 0.255 e. The normalized spacial score (nSPS) is 15.1. The maximum absolute atomic E-state index is 13.1. The second-order valence-electron chi connectivity index (χ2n) is 8.28. The maximum atomic E-state index is 13.1. The zero-order chi connectivity index (χ0) is 24.2. The fourth-order valence-corrected chi connectivity index (χ4v) is 4.02. The van der Waals surface area contributed by atoms with E-state index >= 15 is 0 Å². The Morgan fingerprint density at radius 2 is 1.77 bits per heavy atom. The first-order chi connectivity index (χ1) is 17.1. The van der Waals surface area contributed by atoms with Crippen LogP contribution in [0.4, 0.5) is 0 Å². The predicted octanol–water partition coefficient (Wildman–Crippen LogP) is 4.07. The number of methoxy groups -OCH3 is 1. The molecule has 0 N–H and O–H groups in total. The minimum Gasteiger partial charge on any atom is -0.497 e. The van der Waals surface area contributed by atoms with Crippen molar-refractivity contribution in [3.8, 4) is 28.6 Å². The number of amides is 1. The van der Waals surface area contributed by atoms with Crippen molar-refractivity contribution < 1.29 is 14.3 Å². The molecular weight excluding hydrogens is 444 g/mol. The molecule has 1 atom stereocenters.